The van der Waals surface area contributed by atoms with Gasteiger partial charge >= 0.3 is 12.1 Å². The van der Waals surface area contributed by atoms with Crippen molar-refractivity contribution >= 4 is 46.2 Å². The molecule has 0 saturated carbocycles. The molecule has 1 unspecified atom stereocenters. The highest BCUT2D eigenvalue weighted by Gasteiger charge is 2.35. The highest BCUT2D eigenvalue weighted by Crippen LogP contribution is 2.28. The Kier molecular flexibility index (Phi) is 9.51. The number of aromatic nitrogens is 2. The number of para-hydroxylation sites is 1. The Bertz CT molecular complexity index is 1590. The zero-order chi connectivity index (χ0) is 32.3. The number of fused-ring (bicyclic) bond motifs is 2. The maximum Gasteiger partial charge on any atom is 0.426 e. The van der Waals surface area contributed by atoms with E-state index < -0.39 is 12.1 Å². The molecule has 250 valence electrons. The third kappa shape index (κ3) is 7.19. The van der Waals surface area contributed by atoms with Crippen LogP contribution < -0.4 is 10.6 Å². The molecule has 3 fully saturated rings. The second-order valence-electron chi connectivity index (χ2n) is 13.2. The van der Waals surface area contributed by atoms with E-state index in [0.717, 1.165) is 53.6 Å². The quantitative estimate of drug-likeness (QED) is 0.333. The zero-order valence-corrected chi connectivity index (χ0v) is 27.4. The van der Waals surface area contributed by atoms with Crippen molar-refractivity contribution < 1.29 is 19.2 Å². The molecule has 2 aromatic carbocycles. The smallest absolute Gasteiger partial charge is 0.351 e. The van der Waals surface area contributed by atoms with Crippen LogP contribution >= 0.6 is 11.6 Å². The number of hydrogen-bond acceptors (Lipinski definition) is 7. The molecule has 4 aliphatic rings. The predicted molar refractivity (Wildman–Crippen MR) is 179 cm³/mol. The van der Waals surface area contributed by atoms with E-state index >= 15 is 0 Å². The second-order valence-corrected chi connectivity index (χ2v) is 13.6. The summed E-state index contributed by atoms with van der Waals surface area (Å²) in [4.78, 5) is 52.2. The van der Waals surface area contributed by atoms with E-state index in [0.29, 0.717) is 56.6 Å². The summed E-state index contributed by atoms with van der Waals surface area (Å²) in [5.74, 6) is -0.113. The third-order valence-electron chi connectivity index (χ3n) is 10.2. The summed E-state index contributed by atoms with van der Waals surface area (Å²) in [5.41, 5.74) is 3.51. The molecule has 3 aromatic rings. The molecule has 13 heteroatoms. The highest BCUT2D eigenvalue weighted by molar-refractivity contribution is 6.35. The fourth-order valence-corrected chi connectivity index (χ4v) is 7.92. The van der Waals surface area contributed by atoms with Crippen LogP contribution in [0.5, 0.6) is 0 Å². The average molecular weight is 663 g/mol. The van der Waals surface area contributed by atoms with Gasteiger partial charge in [0.15, 0.2) is 0 Å². The summed E-state index contributed by atoms with van der Waals surface area (Å²) in [6, 6.07) is 11.2. The van der Waals surface area contributed by atoms with Crippen molar-refractivity contribution in [1.82, 2.24) is 35.3 Å². The van der Waals surface area contributed by atoms with E-state index in [9.17, 15) is 14.4 Å². The van der Waals surface area contributed by atoms with Gasteiger partial charge in [0.1, 0.15) is 6.04 Å². The number of hydrogen-bond donors (Lipinski definition) is 3. The van der Waals surface area contributed by atoms with Gasteiger partial charge in [0.05, 0.1) is 16.7 Å². The highest BCUT2D eigenvalue weighted by atomic mass is 35.5. The topological polar surface area (TPSA) is 126 Å². The number of benzene rings is 2. The lowest BCUT2D eigenvalue weighted by atomic mass is 9.98. The number of carbonyl (C=O) groups is 3. The maximum absolute atomic E-state index is 14.0. The Labute approximate surface area is 279 Å². The number of urea groups is 1. The van der Waals surface area contributed by atoms with Crippen LogP contribution in [0.1, 0.15) is 56.1 Å². The van der Waals surface area contributed by atoms with Gasteiger partial charge in [-0.05, 0) is 80.9 Å². The van der Waals surface area contributed by atoms with Crippen molar-refractivity contribution in [1.29, 1.82) is 0 Å². The van der Waals surface area contributed by atoms with E-state index in [-0.39, 0.29) is 24.4 Å². The van der Waals surface area contributed by atoms with Crippen LogP contribution in [0.3, 0.4) is 0 Å². The first-order valence-corrected chi connectivity index (χ1v) is 17.3. The molecular formula is C34H43ClN8O4. The van der Waals surface area contributed by atoms with Crippen LogP contribution in [0.15, 0.2) is 42.6 Å². The minimum Gasteiger partial charge on any atom is -0.351 e. The molecule has 12 nitrogen and oxygen atoms in total. The molecular weight excluding hydrogens is 620 g/mol. The lowest BCUT2D eigenvalue weighted by molar-refractivity contribution is -0.137. The number of piperidine rings is 3. The average Bonchev–Trinajstić information content (AvgIpc) is 3.58. The van der Waals surface area contributed by atoms with Gasteiger partial charge in [0.25, 0.3) is 0 Å². The minimum atomic E-state index is -0.816. The van der Waals surface area contributed by atoms with Crippen LogP contribution in [0.2, 0.25) is 5.02 Å². The standard InChI is InChI=1S/C34H43ClN8O4/c35-28-19-23(18-25-21-36-39-31(25)28)20-30(32(44)41-14-8-26(9-15-41)40-12-4-1-5-13-40)38-34(46)47-42-16-10-27(11-17-42)43-22-24-6-2-3-7-29(24)37-33(43)45/h2-3,6-7,18-19,21,26-27,30H,1,4-5,8-17,20,22H2,(H,36,39)(H,37,45)(H,38,46). The first kappa shape index (κ1) is 31.7. The molecule has 47 heavy (non-hydrogen) atoms. The van der Waals surface area contributed by atoms with Crippen molar-refractivity contribution in [2.75, 3.05) is 44.6 Å². The van der Waals surface area contributed by atoms with E-state index in [1.165, 1.54) is 19.3 Å². The van der Waals surface area contributed by atoms with Gasteiger partial charge in [0, 0.05) is 62.3 Å². The number of nitrogens with one attached hydrogen (secondary N) is 3. The number of carbonyl (C=O) groups excluding carboxylic acids is 3. The summed E-state index contributed by atoms with van der Waals surface area (Å²) in [6.07, 6.45) is 8.31. The van der Waals surface area contributed by atoms with Gasteiger partial charge in [0.2, 0.25) is 5.91 Å². The first-order chi connectivity index (χ1) is 22.9. The Morgan fingerprint density at radius 2 is 1.72 bits per heavy atom. The molecule has 0 aliphatic carbocycles. The van der Waals surface area contributed by atoms with Crippen molar-refractivity contribution in [3.63, 3.8) is 0 Å². The summed E-state index contributed by atoms with van der Waals surface area (Å²) >= 11 is 6.52. The van der Waals surface area contributed by atoms with E-state index in [4.69, 9.17) is 16.4 Å². The maximum atomic E-state index is 14.0. The van der Waals surface area contributed by atoms with Gasteiger partial charge < -0.3 is 30.2 Å². The van der Waals surface area contributed by atoms with Crippen molar-refractivity contribution in [3.8, 4) is 0 Å². The van der Waals surface area contributed by atoms with Gasteiger partial charge in [-0.25, -0.2) is 9.59 Å². The number of hydroxylamine groups is 2. The van der Waals surface area contributed by atoms with Crippen molar-refractivity contribution in [2.45, 2.75) is 76.0 Å². The molecule has 0 bridgehead atoms. The number of rotatable bonds is 7. The molecule has 0 radical (unpaired) electrons. The molecule has 4 amide bonds. The lowest BCUT2D eigenvalue weighted by Gasteiger charge is -2.41. The Balaban J connectivity index is 0.975. The molecule has 1 atom stereocenters. The number of nitrogens with zero attached hydrogens (tertiary/aromatic N) is 5. The van der Waals surface area contributed by atoms with Gasteiger partial charge in [-0.3, -0.25) is 9.89 Å². The Hall–Kier alpha value is -3.87. The number of halogens is 1. The van der Waals surface area contributed by atoms with Crippen LogP contribution in [0.25, 0.3) is 10.9 Å². The minimum absolute atomic E-state index is 0.0380. The number of amides is 4. The van der Waals surface area contributed by atoms with Gasteiger partial charge in [-0.2, -0.15) is 5.10 Å². The molecule has 3 N–H and O–H groups in total. The third-order valence-corrected chi connectivity index (χ3v) is 10.5. The molecule has 3 saturated heterocycles. The van der Waals surface area contributed by atoms with E-state index in [2.05, 4.69) is 25.7 Å². The normalized spacial score (nSPS) is 20.9. The second kappa shape index (κ2) is 14.1. The fraction of sp³-hybridized carbons (Fsp3) is 0.529. The molecule has 7 rings (SSSR count). The predicted octanol–water partition coefficient (Wildman–Crippen LogP) is 4.76. The molecule has 1 aromatic heterocycles. The first-order valence-electron chi connectivity index (χ1n) is 16.9. The molecule has 5 heterocycles. The summed E-state index contributed by atoms with van der Waals surface area (Å²) in [5, 5.41) is 15.9. The SMILES string of the molecule is O=C(NC(Cc1cc(Cl)c2[nH]ncc2c1)C(=O)N1CCC(N2CCCCC2)CC1)ON1CCC(N2Cc3ccccc3NC2=O)CC1. The molecule has 0 spiro atoms. The number of likely N-dealkylation sites (tertiary alicyclic amines) is 2. The molecule has 4 aliphatic heterocycles. The zero-order valence-electron chi connectivity index (χ0n) is 26.6. The van der Waals surface area contributed by atoms with Crippen molar-refractivity contribution in [3.05, 3.63) is 58.7 Å². The number of H-pyrrole nitrogens is 1. The Morgan fingerprint density at radius 1 is 0.979 bits per heavy atom. The van der Waals surface area contributed by atoms with E-state index in [1.807, 2.05) is 46.2 Å². The van der Waals surface area contributed by atoms with Crippen LogP contribution in [-0.4, -0.2) is 105 Å². The van der Waals surface area contributed by atoms with Gasteiger partial charge in [-0.15, -0.1) is 5.06 Å². The number of aromatic amines is 1. The lowest BCUT2D eigenvalue weighted by Crippen LogP contribution is -2.55. The van der Waals surface area contributed by atoms with Crippen LogP contribution in [-0.2, 0) is 22.6 Å². The van der Waals surface area contributed by atoms with Gasteiger partial charge in [-0.1, -0.05) is 36.2 Å². The van der Waals surface area contributed by atoms with Crippen molar-refractivity contribution in [2.24, 2.45) is 0 Å². The summed E-state index contributed by atoms with van der Waals surface area (Å²) < 4.78 is 0. The summed E-state index contributed by atoms with van der Waals surface area (Å²) in [7, 11) is 0. The summed E-state index contributed by atoms with van der Waals surface area (Å²) in [6.45, 7) is 5.14. The fourth-order valence-electron chi connectivity index (χ4n) is 7.63. The largest absolute Gasteiger partial charge is 0.426 e. The van der Waals surface area contributed by atoms with Crippen LogP contribution in [0, 0.1) is 0 Å². The van der Waals surface area contributed by atoms with E-state index in [1.54, 1.807) is 11.3 Å². The monoisotopic (exact) mass is 662 g/mol. The van der Waals surface area contributed by atoms with Crippen LogP contribution in [0.4, 0.5) is 15.3 Å². The Morgan fingerprint density at radius 3 is 2.51 bits per heavy atom. The number of anilines is 1.